The number of amides is 1. The van der Waals surface area contributed by atoms with Gasteiger partial charge in [-0.2, -0.15) is 0 Å². The molecule has 3 nitrogen and oxygen atoms in total. The van der Waals surface area contributed by atoms with Gasteiger partial charge in [0, 0.05) is 12.6 Å². The maximum atomic E-state index is 11.7. The fraction of sp³-hybridized carbons (Fsp3) is 0.500. The topological polar surface area (TPSA) is 55.1 Å². The molecule has 0 saturated heterocycles. The van der Waals surface area contributed by atoms with Crippen LogP contribution in [-0.4, -0.2) is 18.5 Å². The molecule has 3 N–H and O–H groups in total. The second-order valence-electron chi connectivity index (χ2n) is 3.25. The van der Waals surface area contributed by atoms with E-state index in [1.165, 1.54) is 11.3 Å². The van der Waals surface area contributed by atoms with E-state index in [1.54, 1.807) is 0 Å². The molecule has 0 bridgehead atoms. The summed E-state index contributed by atoms with van der Waals surface area (Å²) in [6.45, 7) is 4.44. The van der Waals surface area contributed by atoms with Gasteiger partial charge in [0.05, 0.1) is 4.88 Å². The van der Waals surface area contributed by atoms with Crippen LogP contribution in [0.4, 0.5) is 0 Å². The maximum Gasteiger partial charge on any atom is 0.261 e. The van der Waals surface area contributed by atoms with E-state index in [1.807, 2.05) is 25.3 Å². The van der Waals surface area contributed by atoms with Gasteiger partial charge in [0.2, 0.25) is 0 Å². The zero-order valence-electron chi connectivity index (χ0n) is 8.54. The van der Waals surface area contributed by atoms with Gasteiger partial charge in [-0.3, -0.25) is 4.79 Å². The SMILES string of the molecule is CCC(CN)NC(=O)c1sccc1C. The third-order valence-corrected chi connectivity index (χ3v) is 3.20. The Morgan fingerprint density at radius 1 is 1.71 bits per heavy atom. The van der Waals surface area contributed by atoms with Crippen molar-refractivity contribution >= 4 is 17.2 Å². The first-order valence-corrected chi connectivity index (χ1v) is 5.62. The fourth-order valence-corrected chi connectivity index (χ4v) is 2.01. The summed E-state index contributed by atoms with van der Waals surface area (Å²) in [4.78, 5) is 12.5. The molecule has 78 valence electrons. The zero-order valence-corrected chi connectivity index (χ0v) is 9.36. The monoisotopic (exact) mass is 212 g/mol. The van der Waals surface area contributed by atoms with Crippen molar-refractivity contribution in [2.75, 3.05) is 6.54 Å². The summed E-state index contributed by atoms with van der Waals surface area (Å²) in [5, 5.41) is 4.83. The largest absolute Gasteiger partial charge is 0.347 e. The highest BCUT2D eigenvalue weighted by molar-refractivity contribution is 7.12. The van der Waals surface area contributed by atoms with Crippen molar-refractivity contribution in [2.45, 2.75) is 26.3 Å². The Balaban J connectivity index is 2.63. The van der Waals surface area contributed by atoms with Gasteiger partial charge in [-0.1, -0.05) is 6.92 Å². The van der Waals surface area contributed by atoms with Gasteiger partial charge in [-0.15, -0.1) is 11.3 Å². The van der Waals surface area contributed by atoms with Crippen LogP contribution in [0.25, 0.3) is 0 Å². The molecule has 0 spiro atoms. The van der Waals surface area contributed by atoms with E-state index in [0.717, 1.165) is 16.9 Å². The first-order valence-electron chi connectivity index (χ1n) is 4.74. The number of nitrogens with one attached hydrogen (secondary N) is 1. The number of carbonyl (C=O) groups excluding carboxylic acids is 1. The Morgan fingerprint density at radius 2 is 2.43 bits per heavy atom. The molecule has 0 aliphatic rings. The first kappa shape index (κ1) is 11.2. The minimum atomic E-state index is -0.00481. The predicted molar refractivity (Wildman–Crippen MR) is 59.7 cm³/mol. The summed E-state index contributed by atoms with van der Waals surface area (Å²) in [7, 11) is 0. The Labute approximate surface area is 88.3 Å². The summed E-state index contributed by atoms with van der Waals surface area (Å²) in [5.41, 5.74) is 6.54. The van der Waals surface area contributed by atoms with Crippen LogP contribution in [0.5, 0.6) is 0 Å². The van der Waals surface area contributed by atoms with Crippen molar-refractivity contribution < 1.29 is 4.79 Å². The van der Waals surface area contributed by atoms with Crippen molar-refractivity contribution in [1.29, 1.82) is 0 Å². The lowest BCUT2D eigenvalue weighted by Gasteiger charge is -2.13. The molecular formula is C10H16N2OS. The molecule has 0 aliphatic heterocycles. The quantitative estimate of drug-likeness (QED) is 0.795. The standard InChI is InChI=1S/C10H16N2OS/c1-3-8(6-11)12-10(13)9-7(2)4-5-14-9/h4-5,8H,3,6,11H2,1-2H3,(H,12,13). The van der Waals surface area contributed by atoms with E-state index in [-0.39, 0.29) is 11.9 Å². The average Bonchev–Trinajstić information content (AvgIpc) is 2.60. The molecule has 0 aromatic carbocycles. The molecule has 1 rings (SSSR count). The van der Waals surface area contributed by atoms with E-state index in [2.05, 4.69) is 5.32 Å². The van der Waals surface area contributed by atoms with Crippen molar-refractivity contribution in [2.24, 2.45) is 5.73 Å². The Bertz CT molecular complexity index is 305. The zero-order chi connectivity index (χ0) is 10.6. The van der Waals surface area contributed by atoms with Gasteiger partial charge in [0.25, 0.3) is 5.91 Å². The molecule has 1 unspecified atom stereocenters. The minimum Gasteiger partial charge on any atom is -0.347 e. The molecule has 1 amide bonds. The van der Waals surface area contributed by atoms with Crippen LogP contribution >= 0.6 is 11.3 Å². The van der Waals surface area contributed by atoms with Crippen LogP contribution in [0.15, 0.2) is 11.4 Å². The summed E-state index contributed by atoms with van der Waals surface area (Å²) in [6, 6.07) is 2.03. The van der Waals surface area contributed by atoms with E-state index < -0.39 is 0 Å². The molecule has 1 heterocycles. The third kappa shape index (κ3) is 2.56. The van der Waals surface area contributed by atoms with Crippen LogP contribution in [0.1, 0.15) is 28.6 Å². The van der Waals surface area contributed by atoms with Gasteiger partial charge in [0.1, 0.15) is 0 Å². The molecule has 0 aliphatic carbocycles. The summed E-state index contributed by atoms with van der Waals surface area (Å²) in [5.74, 6) is -0.00481. The van der Waals surface area contributed by atoms with Crippen molar-refractivity contribution in [3.8, 4) is 0 Å². The van der Waals surface area contributed by atoms with Gasteiger partial charge >= 0.3 is 0 Å². The number of hydrogen-bond donors (Lipinski definition) is 2. The van der Waals surface area contributed by atoms with Crippen LogP contribution in [0, 0.1) is 6.92 Å². The summed E-state index contributed by atoms with van der Waals surface area (Å²) < 4.78 is 0. The Kier molecular flexibility index (Phi) is 4.10. The fourth-order valence-electron chi connectivity index (χ4n) is 1.18. The van der Waals surface area contributed by atoms with E-state index >= 15 is 0 Å². The predicted octanol–water partition coefficient (Wildman–Crippen LogP) is 1.52. The van der Waals surface area contributed by atoms with Crippen molar-refractivity contribution in [3.63, 3.8) is 0 Å². The minimum absolute atomic E-state index is 0.00481. The molecular weight excluding hydrogens is 196 g/mol. The van der Waals surface area contributed by atoms with E-state index in [4.69, 9.17) is 5.73 Å². The van der Waals surface area contributed by atoms with Gasteiger partial charge in [-0.25, -0.2) is 0 Å². The molecule has 0 saturated carbocycles. The lowest BCUT2D eigenvalue weighted by molar-refractivity contribution is 0.0941. The molecule has 1 aromatic rings. The molecule has 0 fully saturated rings. The van der Waals surface area contributed by atoms with Gasteiger partial charge in [0.15, 0.2) is 0 Å². The van der Waals surface area contributed by atoms with Crippen molar-refractivity contribution in [3.05, 3.63) is 21.9 Å². The first-order chi connectivity index (χ1) is 6.69. The normalized spacial score (nSPS) is 12.5. The number of aryl methyl sites for hydroxylation is 1. The second kappa shape index (κ2) is 5.12. The van der Waals surface area contributed by atoms with E-state index in [0.29, 0.717) is 6.54 Å². The number of rotatable bonds is 4. The van der Waals surface area contributed by atoms with Crippen LogP contribution < -0.4 is 11.1 Å². The van der Waals surface area contributed by atoms with Crippen LogP contribution in [0.2, 0.25) is 0 Å². The van der Waals surface area contributed by atoms with Gasteiger partial charge in [-0.05, 0) is 30.4 Å². The molecule has 14 heavy (non-hydrogen) atoms. The number of thiophene rings is 1. The van der Waals surface area contributed by atoms with Crippen LogP contribution in [0.3, 0.4) is 0 Å². The molecule has 1 atom stereocenters. The molecule has 4 heteroatoms. The maximum absolute atomic E-state index is 11.7. The van der Waals surface area contributed by atoms with E-state index in [9.17, 15) is 4.79 Å². The molecule has 0 radical (unpaired) electrons. The summed E-state index contributed by atoms with van der Waals surface area (Å²) >= 11 is 1.47. The third-order valence-electron chi connectivity index (χ3n) is 2.18. The lowest BCUT2D eigenvalue weighted by Crippen LogP contribution is -2.39. The highest BCUT2D eigenvalue weighted by Gasteiger charge is 2.13. The second-order valence-corrected chi connectivity index (χ2v) is 4.16. The van der Waals surface area contributed by atoms with Crippen molar-refractivity contribution in [1.82, 2.24) is 5.32 Å². The smallest absolute Gasteiger partial charge is 0.261 e. The number of hydrogen-bond acceptors (Lipinski definition) is 3. The number of nitrogens with two attached hydrogens (primary N) is 1. The number of carbonyl (C=O) groups is 1. The van der Waals surface area contributed by atoms with Gasteiger partial charge < -0.3 is 11.1 Å². The highest BCUT2D eigenvalue weighted by atomic mass is 32.1. The lowest BCUT2D eigenvalue weighted by atomic mass is 10.2. The molecule has 1 aromatic heterocycles. The Hall–Kier alpha value is -0.870. The summed E-state index contributed by atoms with van der Waals surface area (Å²) in [6.07, 6.45) is 0.868. The van der Waals surface area contributed by atoms with Crippen LogP contribution in [-0.2, 0) is 0 Å². The Morgan fingerprint density at radius 3 is 2.86 bits per heavy atom. The highest BCUT2D eigenvalue weighted by Crippen LogP contribution is 2.15. The average molecular weight is 212 g/mol.